The van der Waals surface area contributed by atoms with Gasteiger partial charge in [0.05, 0.1) is 23.6 Å². The second kappa shape index (κ2) is 6.34. The summed E-state index contributed by atoms with van der Waals surface area (Å²) in [5.74, 6) is -0.346. The molecular formula is C18H24N2O4. The van der Waals surface area contributed by atoms with E-state index >= 15 is 0 Å². The van der Waals surface area contributed by atoms with E-state index < -0.39 is 0 Å². The average molecular weight is 332 g/mol. The van der Waals surface area contributed by atoms with E-state index in [4.69, 9.17) is 0 Å². The lowest BCUT2D eigenvalue weighted by molar-refractivity contribution is -0.118. The molecule has 0 spiro atoms. The fourth-order valence-electron chi connectivity index (χ4n) is 3.08. The summed E-state index contributed by atoms with van der Waals surface area (Å²) >= 11 is 0. The number of ketones is 2. The molecule has 0 bridgehead atoms. The number of carbonyl (C=O) groups is 2. The van der Waals surface area contributed by atoms with Gasteiger partial charge in [-0.3, -0.25) is 9.59 Å². The Morgan fingerprint density at radius 2 is 1.08 bits per heavy atom. The summed E-state index contributed by atoms with van der Waals surface area (Å²) in [5.41, 5.74) is -0.221. The Labute approximate surface area is 141 Å². The highest BCUT2D eigenvalue weighted by Crippen LogP contribution is 2.36. The minimum absolute atomic E-state index is 0.00718. The Kier molecular flexibility index (Phi) is 4.78. The van der Waals surface area contributed by atoms with E-state index in [2.05, 4.69) is 10.2 Å². The number of rotatable bonds is 3. The highest BCUT2D eigenvalue weighted by atomic mass is 16.3. The second-order valence-electron chi connectivity index (χ2n) is 8.09. The van der Waals surface area contributed by atoms with E-state index in [9.17, 15) is 19.8 Å². The summed E-state index contributed by atoms with van der Waals surface area (Å²) in [6.07, 6.45) is 3.90. The van der Waals surface area contributed by atoms with Crippen LogP contribution in [0.5, 0.6) is 0 Å². The fraction of sp³-hybridized carbons (Fsp3) is 0.556. The van der Waals surface area contributed by atoms with Crippen molar-refractivity contribution < 1.29 is 19.8 Å². The maximum Gasteiger partial charge on any atom is 0.168 e. The summed E-state index contributed by atoms with van der Waals surface area (Å²) in [4.78, 5) is 24.1. The van der Waals surface area contributed by atoms with Gasteiger partial charge in [-0.05, 0) is 10.8 Å². The van der Waals surface area contributed by atoms with Crippen LogP contribution in [0.4, 0.5) is 0 Å². The monoisotopic (exact) mass is 332 g/mol. The largest absolute Gasteiger partial charge is 0.511 e. The Balaban J connectivity index is 2.13. The lowest BCUT2D eigenvalue weighted by Gasteiger charge is -2.28. The number of hydrogen-bond donors (Lipinski definition) is 2. The topological polar surface area (TPSA) is 99.3 Å². The van der Waals surface area contributed by atoms with Crippen LogP contribution in [-0.2, 0) is 9.59 Å². The number of carbonyl (C=O) groups excluding carboxylic acids is 2. The molecule has 0 saturated carbocycles. The van der Waals surface area contributed by atoms with Crippen LogP contribution in [0.15, 0.2) is 32.9 Å². The van der Waals surface area contributed by atoms with E-state index in [1.54, 1.807) is 0 Å². The molecule has 0 unspecified atom stereocenters. The summed E-state index contributed by atoms with van der Waals surface area (Å²) in [7, 11) is 0. The molecule has 0 heterocycles. The molecule has 24 heavy (non-hydrogen) atoms. The number of aliphatic hydroxyl groups excluding tert-OH is 2. The van der Waals surface area contributed by atoms with Gasteiger partial charge in [-0.1, -0.05) is 27.7 Å². The zero-order valence-corrected chi connectivity index (χ0v) is 14.6. The first-order chi connectivity index (χ1) is 11.0. The van der Waals surface area contributed by atoms with E-state index in [-0.39, 0.29) is 45.1 Å². The van der Waals surface area contributed by atoms with Crippen molar-refractivity contribution in [3.63, 3.8) is 0 Å². The SMILES string of the molecule is CC1(C)CC(=O)C(C=NN=CC2=C(O)CC(C)(C)CC2=O)=C(O)C1. The molecule has 6 heteroatoms. The molecule has 2 aliphatic carbocycles. The predicted octanol–water partition coefficient (Wildman–Crippen LogP) is 3.45. The Hall–Kier alpha value is -2.24. The van der Waals surface area contributed by atoms with Gasteiger partial charge >= 0.3 is 0 Å². The van der Waals surface area contributed by atoms with Gasteiger partial charge in [-0.2, -0.15) is 10.2 Å². The quantitative estimate of drug-likeness (QED) is 0.610. The molecular weight excluding hydrogens is 308 g/mol. The zero-order chi connectivity index (χ0) is 18.1. The van der Waals surface area contributed by atoms with Crippen molar-refractivity contribution in [2.75, 3.05) is 0 Å². The summed E-state index contributed by atoms with van der Waals surface area (Å²) in [5, 5.41) is 27.5. The molecule has 0 aromatic heterocycles. The smallest absolute Gasteiger partial charge is 0.168 e. The normalized spacial score (nSPS) is 24.5. The zero-order valence-electron chi connectivity index (χ0n) is 14.6. The molecule has 0 fully saturated rings. The third-order valence-electron chi connectivity index (χ3n) is 4.23. The molecule has 130 valence electrons. The van der Waals surface area contributed by atoms with Crippen LogP contribution in [0, 0.1) is 10.8 Å². The lowest BCUT2D eigenvalue weighted by Crippen LogP contribution is -2.26. The van der Waals surface area contributed by atoms with Crippen molar-refractivity contribution in [2.24, 2.45) is 21.0 Å². The standard InChI is InChI=1S/C18H24N2O4/c1-17(2)5-13(21)11(14(22)6-17)9-19-20-10-12-15(23)7-18(3,4)8-16(12)24/h9-10,21,23H,5-8H2,1-4H3. The second-order valence-corrected chi connectivity index (χ2v) is 8.09. The first-order valence-electron chi connectivity index (χ1n) is 7.98. The van der Waals surface area contributed by atoms with Gasteiger partial charge in [-0.15, -0.1) is 0 Å². The van der Waals surface area contributed by atoms with Crippen LogP contribution in [-0.4, -0.2) is 34.2 Å². The summed E-state index contributed by atoms with van der Waals surface area (Å²) in [6.45, 7) is 7.66. The van der Waals surface area contributed by atoms with Gasteiger partial charge in [0.1, 0.15) is 11.5 Å². The fourth-order valence-corrected chi connectivity index (χ4v) is 3.08. The third-order valence-corrected chi connectivity index (χ3v) is 4.23. The molecule has 2 aliphatic rings. The first kappa shape index (κ1) is 18.1. The molecule has 0 aliphatic heterocycles. The molecule has 0 atom stereocenters. The minimum Gasteiger partial charge on any atom is -0.511 e. The first-order valence-corrected chi connectivity index (χ1v) is 7.98. The highest BCUT2D eigenvalue weighted by molar-refractivity contribution is 6.15. The maximum atomic E-state index is 12.0. The molecule has 6 nitrogen and oxygen atoms in total. The Morgan fingerprint density at radius 1 is 0.750 bits per heavy atom. The lowest BCUT2D eigenvalue weighted by atomic mass is 9.77. The molecule has 0 aromatic carbocycles. The van der Waals surface area contributed by atoms with Crippen LogP contribution in [0.2, 0.25) is 0 Å². The van der Waals surface area contributed by atoms with E-state index in [0.29, 0.717) is 25.7 Å². The summed E-state index contributed by atoms with van der Waals surface area (Å²) in [6, 6.07) is 0. The number of allylic oxidation sites excluding steroid dienone is 4. The van der Waals surface area contributed by atoms with Crippen LogP contribution in [0.3, 0.4) is 0 Å². The molecule has 2 rings (SSSR count). The number of nitrogens with zero attached hydrogens (tertiary/aromatic N) is 2. The Bertz CT molecular complexity index is 634. The van der Waals surface area contributed by atoms with Crippen LogP contribution in [0.25, 0.3) is 0 Å². The van der Waals surface area contributed by atoms with E-state index in [0.717, 1.165) is 0 Å². The molecule has 0 aromatic rings. The van der Waals surface area contributed by atoms with Gasteiger partial charge in [0.15, 0.2) is 11.6 Å². The van der Waals surface area contributed by atoms with Crippen molar-refractivity contribution in [3.8, 4) is 0 Å². The van der Waals surface area contributed by atoms with E-state index in [1.807, 2.05) is 27.7 Å². The van der Waals surface area contributed by atoms with Gasteiger partial charge in [-0.25, -0.2) is 0 Å². The average Bonchev–Trinajstić information content (AvgIpc) is 2.36. The minimum atomic E-state index is -0.264. The van der Waals surface area contributed by atoms with Crippen LogP contribution < -0.4 is 0 Å². The number of Topliss-reactive ketones (excluding diaryl/α,β-unsaturated/α-hetero) is 2. The third kappa shape index (κ3) is 4.19. The number of hydrogen-bond acceptors (Lipinski definition) is 6. The van der Waals surface area contributed by atoms with Gasteiger partial charge in [0, 0.05) is 25.7 Å². The van der Waals surface area contributed by atoms with Gasteiger partial charge in [0.25, 0.3) is 0 Å². The van der Waals surface area contributed by atoms with Crippen molar-refractivity contribution in [1.29, 1.82) is 0 Å². The van der Waals surface area contributed by atoms with Crippen molar-refractivity contribution in [1.82, 2.24) is 0 Å². The van der Waals surface area contributed by atoms with Crippen LogP contribution >= 0.6 is 0 Å². The van der Waals surface area contributed by atoms with Gasteiger partial charge < -0.3 is 10.2 Å². The molecule has 0 radical (unpaired) electrons. The van der Waals surface area contributed by atoms with Crippen molar-refractivity contribution in [3.05, 3.63) is 22.7 Å². The Morgan fingerprint density at radius 3 is 1.38 bits per heavy atom. The van der Waals surface area contributed by atoms with E-state index in [1.165, 1.54) is 12.4 Å². The molecule has 0 saturated heterocycles. The maximum absolute atomic E-state index is 12.0. The predicted molar refractivity (Wildman–Crippen MR) is 92.3 cm³/mol. The highest BCUT2D eigenvalue weighted by Gasteiger charge is 2.33. The number of aliphatic hydroxyl groups is 2. The van der Waals surface area contributed by atoms with Crippen molar-refractivity contribution >= 4 is 24.0 Å². The summed E-state index contributed by atoms with van der Waals surface area (Å²) < 4.78 is 0. The molecule has 2 N–H and O–H groups in total. The van der Waals surface area contributed by atoms with Crippen molar-refractivity contribution in [2.45, 2.75) is 53.4 Å². The van der Waals surface area contributed by atoms with Gasteiger partial charge in [0.2, 0.25) is 0 Å². The van der Waals surface area contributed by atoms with Crippen LogP contribution in [0.1, 0.15) is 53.4 Å². The molecule has 0 amide bonds.